The molecule has 0 amide bonds. The van der Waals surface area contributed by atoms with Crippen LogP contribution < -0.4 is 9.47 Å². The maximum atomic E-state index is 5.61. The van der Waals surface area contributed by atoms with Crippen LogP contribution in [-0.2, 0) is 0 Å². The number of hydrogen-bond acceptors (Lipinski definition) is 2. The van der Waals surface area contributed by atoms with Gasteiger partial charge in [-0.2, -0.15) is 0 Å². The summed E-state index contributed by atoms with van der Waals surface area (Å²) in [4.78, 5) is 0. The van der Waals surface area contributed by atoms with E-state index in [4.69, 9.17) is 21.1 Å². The highest BCUT2D eigenvalue weighted by molar-refractivity contribution is 9.09. The van der Waals surface area contributed by atoms with E-state index in [-0.39, 0.29) is 5.01 Å². The van der Waals surface area contributed by atoms with Crippen molar-refractivity contribution in [3.05, 3.63) is 23.8 Å². The van der Waals surface area contributed by atoms with E-state index in [0.29, 0.717) is 5.88 Å². The van der Waals surface area contributed by atoms with Crippen molar-refractivity contribution < 1.29 is 9.47 Å². The van der Waals surface area contributed by atoms with Crippen molar-refractivity contribution in [1.29, 1.82) is 0 Å². The fourth-order valence-electron chi connectivity index (χ4n) is 1.17. The highest BCUT2D eigenvalue weighted by atomic mass is 79.9. The molecule has 0 aliphatic carbocycles. The largest absolute Gasteiger partial charge is 0.496 e. The second-order valence-electron chi connectivity index (χ2n) is 3.14. The van der Waals surface area contributed by atoms with E-state index >= 15 is 0 Å². The van der Waals surface area contributed by atoms with Crippen LogP contribution >= 0.6 is 27.5 Å². The van der Waals surface area contributed by atoms with E-state index < -0.39 is 0 Å². The van der Waals surface area contributed by atoms with Gasteiger partial charge in [0.1, 0.15) is 11.5 Å². The fourth-order valence-corrected chi connectivity index (χ4v) is 2.07. The first-order chi connectivity index (χ1) is 7.17. The van der Waals surface area contributed by atoms with Crippen molar-refractivity contribution >= 4 is 27.5 Å². The molecule has 0 radical (unpaired) electrons. The van der Waals surface area contributed by atoms with E-state index in [0.717, 1.165) is 23.5 Å². The standard InChI is InChI=1S/C11H14BrClO2/c1-8-3-4-9(7-10(8)14-2)15-11(12)5-6-13/h3-4,7,11H,5-6H2,1-2H3. The van der Waals surface area contributed by atoms with Crippen LogP contribution in [0.25, 0.3) is 0 Å². The molecule has 0 fully saturated rings. The smallest absolute Gasteiger partial charge is 0.154 e. The summed E-state index contributed by atoms with van der Waals surface area (Å²) < 4.78 is 10.8. The summed E-state index contributed by atoms with van der Waals surface area (Å²) in [7, 11) is 1.65. The monoisotopic (exact) mass is 292 g/mol. The minimum Gasteiger partial charge on any atom is -0.496 e. The molecule has 0 aliphatic heterocycles. The predicted molar refractivity (Wildman–Crippen MR) is 66.4 cm³/mol. The van der Waals surface area contributed by atoms with Crippen LogP contribution in [0.3, 0.4) is 0 Å². The van der Waals surface area contributed by atoms with Gasteiger partial charge in [-0.15, -0.1) is 11.6 Å². The molecule has 0 aromatic heterocycles. The summed E-state index contributed by atoms with van der Waals surface area (Å²) in [6.45, 7) is 1.99. The normalized spacial score (nSPS) is 12.3. The summed E-state index contributed by atoms with van der Waals surface area (Å²) in [5, 5.41) is -0.0533. The van der Waals surface area contributed by atoms with Gasteiger partial charge in [-0.25, -0.2) is 0 Å². The molecule has 15 heavy (non-hydrogen) atoms. The molecule has 4 heteroatoms. The van der Waals surface area contributed by atoms with Gasteiger partial charge < -0.3 is 9.47 Å². The summed E-state index contributed by atoms with van der Waals surface area (Å²) >= 11 is 9.00. The maximum absolute atomic E-state index is 5.61. The molecule has 0 N–H and O–H groups in total. The number of alkyl halides is 2. The second kappa shape index (κ2) is 6.23. The Bertz CT molecular complexity index is 317. The third kappa shape index (κ3) is 3.92. The van der Waals surface area contributed by atoms with Crippen LogP contribution in [0, 0.1) is 6.92 Å². The van der Waals surface area contributed by atoms with Crippen LogP contribution in [0.1, 0.15) is 12.0 Å². The lowest BCUT2D eigenvalue weighted by Crippen LogP contribution is -2.08. The molecule has 1 aromatic rings. The third-order valence-electron chi connectivity index (χ3n) is 1.98. The van der Waals surface area contributed by atoms with E-state index in [1.54, 1.807) is 7.11 Å². The van der Waals surface area contributed by atoms with E-state index in [1.165, 1.54) is 0 Å². The molecule has 0 heterocycles. The number of benzene rings is 1. The Morgan fingerprint density at radius 3 is 2.80 bits per heavy atom. The minimum absolute atomic E-state index is 0.0533. The highest BCUT2D eigenvalue weighted by Gasteiger charge is 2.06. The molecule has 1 rings (SSSR count). The molecule has 0 spiro atoms. The third-order valence-corrected chi connectivity index (χ3v) is 2.84. The zero-order valence-electron chi connectivity index (χ0n) is 8.80. The van der Waals surface area contributed by atoms with Crippen molar-refractivity contribution in [2.75, 3.05) is 13.0 Å². The van der Waals surface area contributed by atoms with Crippen LogP contribution in [-0.4, -0.2) is 18.0 Å². The molecule has 0 saturated heterocycles. The number of aryl methyl sites for hydroxylation is 1. The van der Waals surface area contributed by atoms with Crippen LogP contribution in [0.15, 0.2) is 18.2 Å². The zero-order valence-corrected chi connectivity index (χ0v) is 11.1. The molecule has 1 unspecified atom stereocenters. The molecule has 1 atom stereocenters. The number of methoxy groups -OCH3 is 1. The summed E-state index contributed by atoms with van der Waals surface area (Å²) in [5.41, 5.74) is 1.09. The second-order valence-corrected chi connectivity index (χ2v) is 4.54. The molecule has 0 aliphatic rings. The first-order valence-electron chi connectivity index (χ1n) is 4.68. The summed E-state index contributed by atoms with van der Waals surface area (Å²) in [5.74, 6) is 2.18. The van der Waals surface area contributed by atoms with Gasteiger partial charge in [-0.05, 0) is 34.5 Å². The lowest BCUT2D eigenvalue weighted by atomic mass is 10.2. The first-order valence-corrected chi connectivity index (χ1v) is 6.13. The predicted octanol–water partition coefficient (Wildman–Crippen LogP) is 3.73. The Labute approximate surface area is 104 Å². The number of rotatable bonds is 5. The van der Waals surface area contributed by atoms with Gasteiger partial charge in [0, 0.05) is 18.4 Å². The first kappa shape index (κ1) is 12.7. The molecular weight excluding hydrogens is 279 g/mol. The molecular formula is C11H14BrClO2. The molecule has 2 nitrogen and oxygen atoms in total. The van der Waals surface area contributed by atoms with E-state index in [9.17, 15) is 0 Å². The van der Waals surface area contributed by atoms with Crippen molar-refractivity contribution in [3.8, 4) is 11.5 Å². The van der Waals surface area contributed by atoms with Crippen molar-refractivity contribution in [3.63, 3.8) is 0 Å². The van der Waals surface area contributed by atoms with Crippen LogP contribution in [0.4, 0.5) is 0 Å². The van der Waals surface area contributed by atoms with E-state index in [2.05, 4.69) is 15.9 Å². The molecule has 0 bridgehead atoms. The number of halogens is 2. The van der Waals surface area contributed by atoms with Gasteiger partial charge in [0.25, 0.3) is 0 Å². The number of hydrogen-bond donors (Lipinski definition) is 0. The quantitative estimate of drug-likeness (QED) is 0.770. The minimum atomic E-state index is -0.0533. The van der Waals surface area contributed by atoms with Gasteiger partial charge in [-0.3, -0.25) is 0 Å². The van der Waals surface area contributed by atoms with Gasteiger partial charge in [0.2, 0.25) is 0 Å². The number of ether oxygens (including phenoxy) is 2. The summed E-state index contributed by atoms with van der Waals surface area (Å²) in [6, 6.07) is 5.76. The zero-order chi connectivity index (χ0) is 11.3. The summed E-state index contributed by atoms with van der Waals surface area (Å²) in [6.07, 6.45) is 0.762. The average Bonchev–Trinajstić information content (AvgIpc) is 2.21. The lowest BCUT2D eigenvalue weighted by molar-refractivity contribution is 0.289. The Balaban J connectivity index is 2.69. The van der Waals surface area contributed by atoms with Gasteiger partial charge in [0.05, 0.1) is 7.11 Å². The maximum Gasteiger partial charge on any atom is 0.154 e. The lowest BCUT2D eigenvalue weighted by Gasteiger charge is -2.13. The van der Waals surface area contributed by atoms with Gasteiger partial charge in [0.15, 0.2) is 5.01 Å². The van der Waals surface area contributed by atoms with Crippen molar-refractivity contribution in [2.45, 2.75) is 18.4 Å². The van der Waals surface area contributed by atoms with Crippen molar-refractivity contribution in [2.24, 2.45) is 0 Å². The van der Waals surface area contributed by atoms with Crippen LogP contribution in [0.2, 0.25) is 0 Å². The van der Waals surface area contributed by atoms with Gasteiger partial charge >= 0.3 is 0 Å². The topological polar surface area (TPSA) is 18.5 Å². The Morgan fingerprint density at radius 2 is 2.20 bits per heavy atom. The Kier molecular flexibility index (Phi) is 5.26. The molecule has 84 valence electrons. The highest BCUT2D eigenvalue weighted by Crippen LogP contribution is 2.25. The fraction of sp³-hybridized carbons (Fsp3) is 0.455. The molecule has 0 saturated carbocycles. The van der Waals surface area contributed by atoms with Gasteiger partial charge in [-0.1, -0.05) is 6.07 Å². The van der Waals surface area contributed by atoms with Crippen LogP contribution in [0.5, 0.6) is 11.5 Å². The SMILES string of the molecule is COc1cc(OC(Br)CCCl)ccc1C. The van der Waals surface area contributed by atoms with Crippen molar-refractivity contribution in [1.82, 2.24) is 0 Å². The Morgan fingerprint density at radius 1 is 1.47 bits per heavy atom. The molecule has 1 aromatic carbocycles. The Hall–Kier alpha value is -0.410. The van der Waals surface area contributed by atoms with E-state index in [1.807, 2.05) is 25.1 Å². The average molecular weight is 294 g/mol.